The van der Waals surface area contributed by atoms with Crippen molar-refractivity contribution in [2.24, 2.45) is 5.92 Å². The molecule has 186 valence electrons. The summed E-state index contributed by atoms with van der Waals surface area (Å²) in [5, 5.41) is 4.55. The van der Waals surface area contributed by atoms with Gasteiger partial charge in [-0.2, -0.15) is 0 Å². The van der Waals surface area contributed by atoms with Gasteiger partial charge in [0.1, 0.15) is 23.0 Å². The average Bonchev–Trinajstić information content (AvgIpc) is 3.47. The van der Waals surface area contributed by atoms with Crippen LogP contribution in [0.15, 0.2) is 4.52 Å². The minimum Gasteiger partial charge on any atom is -0.458 e. The van der Waals surface area contributed by atoms with Crippen molar-refractivity contribution in [1.82, 2.24) is 10.1 Å². The second kappa shape index (κ2) is 7.99. The molecule has 1 aromatic heterocycles. The number of aromatic nitrogens is 1. The summed E-state index contributed by atoms with van der Waals surface area (Å²) in [6.45, 7) is 5.69. The third-order valence-electron chi connectivity index (χ3n) is 9.03. The summed E-state index contributed by atoms with van der Waals surface area (Å²) >= 11 is 0. The number of hydrogen-bond acceptors (Lipinski definition) is 6. The smallest absolute Gasteiger partial charge is 0.410 e. The third kappa shape index (κ3) is 3.93. The lowest BCUT2D eigenvalue weighted by molar-refractivity contribution is -0.0228. The molecule has 4 saturated carbocycles. The zero-order chi connectivity index (χ0) is 23.7. The van der Waals surface area contributed by atoms with E-state index in [1.165, 1.54) is 19.3 Å². The Labute approximate surface area is 201 Å². The van der Waals surface area contributed by atoms with E-state index in [-0.39, 0.29) is 35.7 Å². The third-order valence-corrected chi connectivity index (χ3v) is 9.03. The monoisotopic (exact) mass is 470 g/mol. The lowest BCUT2D eigenvalue weighted by Gasteiger charge is -2.45. The van der Waals surface area contributed by atoms with Gasteiger partial charge < -0.3 is 18.9 Å². The first kappa shape index (κ1) is 22.4. The van der Waals surface area contributed by atoms with Crippen LogP contribution in [0.4, 0.5) is 4.79 Å². The Morgan fingerprint density at radius 2 is 1.59 bits per heavy atom. The van der Waals surface area contributed by atoms with E-state index in [0.29, 0.717) is 24.3 Å². The number of nitrogens with zero attached hydrogens (tertiary/aromatic N) is 2. The highest BCUT2D eigenvalue weighted by Crippen LogP contribution is 2.54. The van der Waals surface area contributed by atoms with Crippen molar-refractivity contribution in [3.05, 3.63) is 17.0 Å². The predicted octanol–water partition coefficient (Wildman–Crippen LogP) is 5.86. The number of piperidine rings is 1. The van der Waals surface area contributed by atoms with Crippen LogP contribution >= 0.6 is 0 Å². The van der Waals surface area contributed by atoms with Crippen LogP contribution in [0.1, 0.15) is 126 Å². The summed E-state index contributed by atoms with van der Waals surface area (Å²) in [7, 11) is 0. The molecule has 7 heteroatoms. The van der Waals surface area contributed by atoms with E-state index >= 15 is 0 Å². The standard InChI is InChI=1S/C27H38N2O5/c1-26(2,3)33-25(31)29-18-6-7-19(29)15-20(14-18)32-24(30)21-22(17-4-5-17)34-28-23(21)27-11-8-16(9-12-27)10-13-27/h16-20H,4-15H2,1-3H3/t16?,18-,19+,20+,27?. The molecule has 1 amide bonds. The molecule has 0 N–H and O–H groups in total. The summed E-state index contributed by atoms with van der Waals surface area (Å²) in [5.74, 6) is 1.66. The van der Waals surface area contributed by atoms with Crippen molar-refractivity contribution in [2.75, 3.05) is 0 Å². The Balaban J connectivity index is 1.20. The molecule has 1 aromatic rings. The van der Waals surface area contributed by atoms with Crippen LogP contribution in [-0.2, 0) is 14.9 Å². The Bertz CT molecular complexity index is 938. The first-order valence-corrected chi connectivity index (χ1v) is 13.4. The van der Waals surface area contributed by atoms with Gasteiger partial charge in [0.25, 0.3) is 0 Å². The molecule has 0 unspecified atom stereocenters. The number of ether oxygens (including phenoxy) is 2. The van der Waals surface area contributed by atoms with Crippen LogP contribution in [0.25, 0.3) is 0 Å². The number of esters is 1. The molecule has 6 aliphatic rings. The van der Waals surface area contributed by atoms with Gasteiger partial charge in [-0.15, -0.1) is 0 Å². The lowest BCUT2D eigenvalue weighted by atomic mass is 9.59. The van der Waals surface area contributed by atoms with E-state index in [1.54, 1.807) is 0 Å². The van der Waals surface area contributed by atoms with Gasteiger partial charge in [-0.3, -0.25) is 0 Å². The maximum absolute atomic E-state index is 13.7. The largest absolute Gasteiger partial charge is 0.458 e. The highest BCUT2D eigenvalue weighted by atomic mass is 16.6. The highest BCUT2D eigenvalue weighted by Gasteiger charge is 2.50. The molecule has 6 fully saturated rings. The second-order valence-corrected chi connectivity index (χ2v) is 12.6. The first-order chi connectivity index (χ1) is 16.2. The zero-order valence-electron chi connectivity index (χ0n) is 20.8. The average molecular weight is 471 g/mol. The molecular weight excluding hydrogens is 432 g/mol. The van der Waals surface area contributed by atoms with Crippen LogP contribution < -0.4 is 0 Å². The maximum Gasteiger partial charge on any atom is 0.410 e. The summed E-state index contributed by atoms with van der Waals surface area (Å²) in [4.78, 5) is 28.4. The molecule has 2 saturated heterocycles. The predicted molar refractivity (Wildman–Crippen MR) is 125 cm³/mol. The van der Waals surface area contributed by atoms with Gasteiger partial charge in [0.05, 0.1) is 0 Å². The Morgan fingerprint density at radius 3 is 2.15 bits per heavy atom. The quantitative estimate of drug-likeness (QED) is 0.513. The summed E-state index contributed by atoms with van der Waals surface area (Å²) in [5.41, 5.74) is 0.997. The Kier molecular flexibility index (Phi) is 5.27. The fourth-order valence-corrected chi connectivity index (χ4v) is 7.14. The van der Waals surface area contributed by atoms with Crippen molar-refractivity contribution >= 4 is 12.1 Å². The van der Waals surface area contributed by atoms with Crippen molar-refractivity contribution in [3.63, 3.8) is 0 Å². The molecule has 3 atom stereocenters. The summed E-state index contributed by atoms with van der Waals surface area (Å²) in [6.07, 6.45) is 11.9. The molecule has 7 nitrogen and oxygen atoms in total. The Hall–Kier alpha value is -2.05. The minimum absolute atomic E-state index is 0.0150. The molecule has 34 heavy (non-hydrogen) atoms. The topological polar surface area (TPSA) is 81.9 Å². The number of rotatable bonds is 4. The maximum atomic E-state index is 13.7. The molecule has 4 bridgehead atoms. The van der Waals surface area contributed by atoms with Gasteiger partial charge in [0.15, 0.2) is 5.76 Å². The number of carbonyl (C=O) groups excluding carboxylic acids is 2. The molecule has 3 heterocycles. The number of amides is 1. The van der Waals surface area contributed by atoms with E-state index in [1.807, 2.05) is 25.7 Å². The Morgan fingerprint density at radius 1 is 0.971 bits per heavy atom. The fraction of sp³-hybridized carbons (Fsp3) is 0.815. The van der Waals surface area contributed by atoms with Gasteiger partial charge in [-0.05, 0) is 90.9 Å². The minimum atomic E-state index is -0.512. The van der Waals surface area contributed by atoms with E-state index in [0.717, 1.165) is 62.3 Å². The molecular formula is C27H38N2O5. The zero-order valence-corrected chi connectivity index (χ0v) is 20.8. The van der Waals surface area contributed by atoms with Crippen molar-refractivity contribution < 1.29 is 23.6 Å². The molecule has 2 aliphatic heterocycles. The first-order valence-electron chi connectivity index (χ1n) is 13.4. The van der Waals surface area contributed by atoms with Crippen LogP contribution in [0.2, 0.25) is 0 Å². The number of carbonyl (C=O) groups is 2. The second-order valence-electron chi connectivity index (χ2n) is 12.6. The highest BCUT2D eigenvalue weighted by molar-refractivity contribution is 5.92. The molecule has 0 radical (unpaired) electrons. The normalized spacial score (nSPS) is 34.9. The lowest BCUT2D eigenvalue weighted by Crippen LogP contribution is -2.50. The number of hydrogen-bond donors (Lipinski definition) is 0. The SMILES string of the molecule is CC(C)(C)OC(=O)N1[C@@H]2CC[C@H]1C[C@@H](OC(=O)c1c(C34CCC(CC3)CC4)noc1C1CC1)C2. The van der Waals surface area contributed by atoms with Gasteiger partial charge in [-0.1, -0.05) is 5.16 Å². The van der Waals surface area contributed by atoms with Gasteiger partial charge in [0.2, 0.25) is 0 Å². The fourth-order valence-electron chi connectivity index (χ4n) is 7.14. The van der Waals surface area contributed by atoms with Crippen LogP contribution in [0.5, 0.6) is 0 Å². The van der Waals surface area contributed by atoms with Gasteiger partial charge in [-0.25, -0.2) is 9.59 Å². The van der Waals surface area contributed by atoms with E-state index < -0.39 is 5.60 Å². The summed E-state index contributed by atoms with van der Waals surface area (Å²) < 4.78 is 17.7. The van der Waals surface area contributed by atoms with Crippen molar-refractivity contribution in [3.8, 4) is 0 Å². The molecule has 0 spiro atoms. The van der Waals surface area contributed by atoms with Crippen molar-refractivity contribution in [2.45, 2.75) is 133 Å². The van der Waals surface area contributed by atoms with E-state index in [4.69, 9.17) is 14.0 Å². The van der Waals surface area contributed by atoms with Gasteiger partial charge in [0, 0.05) is 36.3 Å². The van der Waals surface area contributed by atoms with E-state index in [2.05, 4.69) is 5.16 Å². The van der Waals surface area contributed by atoms with Crippen LogP contribution in [-0.4, -0.2) is 45.9 Å². The van der Waals surface area contributed by atoms with Crippen molar-refractivity contribution in [1.29, 1.82) is 0 Å². The van der Waals surface area contributed by atoms with E-state index in [9.17, 15) is 9.59 Å². The molecule has 7 rings (SSSR count). The van der Waals surface area contributed by atoms with Crippen LogP contribution in [0, 0.1) is 5.92 Å². The van der Waals surface area contributed by atoms with Gasteiger partial charge >= 0.3 is 12.1 Å². The molecule has 0 aromatic carbocycles. The van der Waals surface area contributed by atoms with Crippen LogP contribution in [0.3, 0.4) is 0 Å². The summed E-state index contributed by atoms with van der Waals surface area (Å²) in [6, 6.07) is 0.145. The number of fused-ring (bicyclic) bond motifs is 5. The molecule has 4 aliphatic carbocycles.